The van der Waals surface area contributed by atoms with Crippen LogP contribution in [-0.2, 0) is 0 Å². The van der Waals surface area contributed by atoms with Gasteiger partial charge in [-0.15, -0.1) is 0 Å². The highest BCUT2D eigenvalue weighted by Gasteiger charge is 2.32. The van der Waals surface area contributed by atoms with Crippen LogP contribution < -0.4 is 0 Å². The molecule has 5 heteroatoms. The Bertz CT molecular complexity index is 788. The quantitative estimate of drug-likeness (QED) is 0.812. The average molecular weight is 341 g/mol. The number of piperidine rings is 1. The molecule has 0 aliphatic carbocycles. The molecule has 0 atom stereocenters. The number of nitrogens with zero attached hydrogens (tertiary/aromatic N) is 2. The van der Waals surface area contributed by atoms with Gasteiger partial charge in [0, 0.05) is 54.5 Å². The second-order valence-corrected chi connectivity index (χ2v) is 6.26. The standard InChI is InChI=1S/C19H17ClN2O2/c20-17-3-1-2-15(14-17)4-7-19(24)8-12-22(13-9-19)18(23)16-5-10-21-11-6-16/h1-3,5-6,10-11,14,24H,8-9,12-13H2. The highest BCUT2D eigenvalue weighted by atomic mass is 35.5. The summed E-state index contributed by atoms with van der Waals surface area (Å²) in [7, 11) is 0. The molecule has 4 nitrogen and oxygen atoms in total. The molecule has 1 N–H and O–H groups in total. The van der Waals surface area contributed by atoms with E-state index in [9.17, 15) is 9.90 Å². The number of carbonyl (C=O) groups excluding carboxylic acids is 1. The van der Waals surface area contributed by atoms with E-state index in [0.29, 0.717) is 36.5 Å². The lowest BCUT2D eigenvalue weighted by atomic mass is 9.91. The molecular formula is C19H17ClN2O2. The summed E-state index contributed by atoms with van der Waals surface area (Å²) in [6.07, 6.45) is 4.06. The highest BCUT2D eigenvalue weighted by Crippen LogP contribution is 2.23. The van der Waals surface area contributed by atoms with Crippen LogP contribution in [0.15, 0.2) is 48.8 Å². The Labute approximate surface area is 146 Å². The molecule has 1 saturated heterocycles. The third-order valence-electron chi connectivity index (χ3n) is 4.07. The van der Waals surface area contributed by atoms with Crippen molar-refractivity contribution in [2.24, 2.45) is 0 Å². The summed E-state index contributed by atoms with van der Waals surface area (Å²) in [5.41, 5.74) is 0.309. The third-order valence-corrected chi connectivity index (χ3v) is 4.30. The molecule has 2 aromatic rings. The fraction of sp³-hybridized carbons (Fsp3) is 0.263. The Morgan fingerprint density at radius 1 is 1.21 bits per heavy atom. The van der Waals surface area contributed by atoms with Gasteiger partial charge in [0.15, 0.2) is 0 Å². The van der Waals surface area contributed by atoms with E-state index in [-0.39, 0.29) is 5.91 Å². The number of aliphatic hydroxyl groups is 1. The Kier molecular flexibility index (Phi) is 4.84. The Morgan fingerprint density at radius 2 is 1.92 bits per heavy atom. The summed E-state index contributed by atoms with van der Waals surface area (Å²) >= 11 is 5.93. The zero-order valence-corrected chi connectivity index (χ0v) is 13.8. The monoisotopic (exact) mass is 340 g/mol. The van der Waals surface area contributed by atoms with Gasteiger partial charge in [-0.3, -0.25) is 9.78 Å². The summed E-state index contributed by atoms with van der Waals surface area (Å²) in [4.78, 5) is 18.1. The van der Waals surface area contributed by atoms with Crippen molar-refractivity contribution < 1.29 is 9.90 Å². The van der Waals surface area contributed by atoms with Gasteiger partial charge in [-0.1, -0.05) is 29.5 Å². The molecule has 1 aromatic carbocycles. The maximum atomic E-state index is 12.4. The van der Waals surface area contributed by atoms with Crippen LogP contribution in [0.3, 0.4) is 0 Å². The maximum Gasteiger partial charge on any atom is 0.253 e. The average Bonchev–Trinajstić information content (AvgIpc) is 2.61. The van der Waals surface area contributed by atoms with Crippen LogP contribution in [0.4, 0.5) is 0 Å². The number of amides is 1. The maximum absolute atomic E-state index is 12.4. The number of rotatable bonds is 1. The Morgan fingerprint density at radius 3 is 2.58 bits per heavy atom. The van der Waals surface area contributed by atoms with Gasteiger partial charge in [0.1, 0.15) is 5.60 Å². The molecule has 122 valence electrons. The number of halogens is 1. The molecule has 0 saturated carbocycles. The van der Waals surface area contributed by atoms with Crippen molar-refractivity contribution in [3.8, 4) is 11.8 Å². The number of benzene rings is 1. The van der Waals surface area contributed by atoms with Crippen molar-refractivity contribution >= 4 is 17.5 Å². The van der Waals surface area contributed by atoms with Gasteiger partial charge in [-0.25, -0.2) is 0 Å². The molecular weight excluding hydrogens is 324 g/mol. The van der Waals surface area contributed by atoms with E-state index in [4.69, 9.17) is 11.6 Å². The van der Waals surface area contributed by atoms with Crippen molar-refractivity contribution in [3.63, 3.8) is 0 Å². The second-order valence-electron chi connectivity index (χ2n) is 5.82. The van der Waals surface area contributed by atoms with Gasteiger partial charge >= 0.3 is 0 Å². The molecule has 1 amide bonds. The lowest BCUT2D eigenvalue weighted by Crippen LogP contribution is -2.46. The van der Waals surface area contributed by atoms with E-state index >= 15 is 0 Å². The number of aromatic nitrogens is 1. The van der Waals surface area contributed by atoms with Crippen LogP contribution >= 0.6 is 11.6 Å². The SMILES string of the molecule is O=C(c1ccncc1)N1CCC(O)(C#Cc2cccc(Cl)c2)CC1. The smallest absolute Gasteiger partial charge is 0.253 e. The largest absolute Gasteiger partial charge is 0.377 e. The van der Waals surface area contributed by atoms with Crippen LogP contribution in [0.1, 0.15) is 28.8 Å². The highest BCUT2D eigenvalue weighted by molar-refractivity contribution is 6.30. The van der Waals surface area contributed by atoms with Crippen molar-refractivity contribution in [2.75, 3.05) is 13.1 Å². The van der Waals surface area contributed by atoms with Crippen LogP contribution in [0.5, 0.6) is 0 Å². The molecule has 1 aliphatic heterocycles. The molecule has 1 aliphatic rings. The number of hydrogen-bond acceptors (Lipinski definition) is 3. The number of likely N-dealkylation sites (tertiary alicyclic amines) is 1. The van der Waals surface area contributed by atoms with Crippen molar-refractivity contribution in [2.45, 2.75) is 18.4 Å². The van der Waals surface area contributed by atoms with Crippen molar-refractivity contribution in [1.82, 2.24) is 9.88 Å². The molecule has 1 aromatic heterocycles. The minimum absolute atomic E-state index is 0.0396. The van der Waals surface area contributed by atoms with Gasteiger partial charge in [0.25, 0.3) is 5.91 Å². The van der Waals surface area contributed by atoms with Gasteiger partial charge in [-0.05, 0) is 30.3 Å². The zero-order chi connectivity index (χ0) is 17.0. The predicted octanol–water partition coefficient (Wildman–Crippen LogP) is 2.75. The Hall–Kier alpha value is -2.35. The molecule has 0 radical (unpaired) electrons. The van der Waals surface area contributed by atoms with Gasteiger partial charge in [0.2, 0.25) is 0 Å². The molecule has 2 heterocycles. The first-order valence-electron chi connectivity index (χ1n) is 7.76. The van der Waals surface area contributed by atoms with Gasteiger partial charge < -0.3 is 10.0 Å². The molecule has 24 heavy (non-hydrogen) atoms. The predicted molar refractivity (Wildman–Crippen MR) is 92.7 cm³/mol. The van der Waals surface area contributed by atoms with Crippen molar-refractivity contribution in [1.29, 1.82) is 0 Å². The molecule has 0 unspecified atom stereocenters. The first-order valence-corrected chi connectivity index (χ1v) is 8.14. The van der Waals surface area contributed by atoms with Gasteiger partial charge in [0.05, 0.1) is 0 Å². The Balaban J connectivity index is 1.65. The van der Waals surface area contributed by atoms with E-state index < -0.39 is 5.60 Å². The fourth-order valence-electron chi connectivity index (χ4n) is 2.64. The first-order chi connectivity index (χ1) is 11.6. The first kappa shape index (κ1) is 16.5. The van der Waals surface area contributed by atoms with E-state index in [1.165, 1.54) is 0 Å². The molecule has 3 rings (SSSR count). The topological polar surface area (TPSA) is 53.4 Å². The minimum Gasteiger partial charge on any atom is -0.377 e. The third kappa shape index (κ3) is 3.94. The lowest BCUT2D eigenvalue weighted by molar-refractivity contribution is 0.0249. The van der Waals surface area contributed by atoms with Crippen LogP contribution in [0.25, 0.3) is 0 Å². The van der Waals surface area contributed by atoms with E-state index in [2.05, 4.69) is 16.8 Å². The summed E-state index contributed by atoms with van der Waals surface area (Å²) in [6.45, 7) is 0.948. The van der Waals surface area contributed by atoms with Crippen LogP contribution in [0, 0.1) is 11.8 Å². The number of pyridine rings is 1. The number of hydrogen-bond donors (Lipinski definition) is 1. The van der Waals surface area contributed by atoms with E-state index in [1.54, 1.807) is 41.6 Å². The normalized spacial score (nSPS) is 16.2. The van der Waals surface area contributed by atoms with E-state index in [0.717, 1.165) is 5.56 Å². The van der Waals surface area contributed by atoms with Gasteiger partial charge in [-0.2, -0.15) is 0 Å². The van der Waals surface area contributed by atoms with Crippen molar-refractivity contribution in [3.05, 3.63) is 64.9 Å². The van der Waals surface area contributed by atoms with E-state index in [1.807, 2.05) is 12.1 Å². The summed E-state index contributed by atoms with van der Waals surface area (Å²) in [5.74, 6) is 5.88. The van der Waals surface area contributed by atoms with Crippen LogP contribution in [-0.4, -0.2) is 39.6 Å². The second kappa shape index (κ2) is 7.04. The fourth-order valence-corrected chi connectivity index (χ4v) is 2.83. The molecule has 0 spiro atoms. The summed E-state index contributed by atoms with van der Waals surface area (Å²) in [5, 5.41) is 11.2. The minimum atomic E-state index is -1.07. The summed E-state index contributed by atoms with van der Waals surface area (Å²) < 4.78 is 0. The lowest BCUT2D eigenvalue weighted by Gasteiger charge is -2.35. The molecule has 0 bridgehead atoms. The number of carbonyl (C=O) groups is 1. The van der Waals surface area contributed by atoms with Crippen LogP contribution in [0.2, 0.25) is 5.02 Å². The molecule has 1 fully saturated rings. The zero-order valence-electron chi connectivity index (χ0n) is 13.1. The summed E-state index contributed by atoms with van der Waals surface area (Å²) in [6, 6.07) is 10.6.